The standard InChI is InChI=1S/C28H30F2N2O2/c1-20(2)22-9-11-25(12-10-22)34-19-21-5-3-6-23(17-21)28(33)32-15-13-31(14-16-32)18-24-7-4-8-26(29)27(24)30/h3-12,17,20H,13-16,18-19H2,1-2H3. The Kier molecular flexibility index (Phi) is 7.58. The molecule has 6 heteroatoms. The Labute approximate surface area is 199 Å². The number of carbonyl (C=O) groups is 1. The molecular weight excluding hydrogens is 434 g/mol. The summed E-state index contributed by atoms with van der Waals surface area (Å²) >= 11 is 0. The molecule has 0 unspecified atom stereocenters. The van der Waals surface area contributed by atoms with Crippen LogP contribution in [0.4, 0.5) is 8.78 Å². The van der Waals surface area contributed by atoms with Crippen molar-refractivity contribution < 1.29 is 18.3 Å². The van der Waals surface area contributed by atoms with Gasteiger partial charge in [0.2, 0.25) is 0 Å². The summed E-state index contributed by atoms with van der Waals surface area (Å²) in [5, 5.41) is 0. The lowest BCUT2D eigenvalue weighted by Crippen LogP contribution is -2.48. The Hall–Kier alpha value is -3.25. The van der Waals surface area contributed by atoms with E-state index in [1.165, 1.54) is 11.6 Å². The molecule has 34 heavy (non-hydrogen) atoms. The summed E-state index contributed by atoms with van der Waals surface area (Å²) in [4.78, 5) is 16.9. The molecule has 1 fully saturated rings. The van der Waals surface area contributed by atoms with Gasteiger partial charge in [-0.3, -0.25) is 9.69 Å². The quantitative estimate of drug-likeness (QED) is 0.455. The Bertz CT molecular complexity index is 1120. The Balaban J connectivity index is 1.31. The fraction of sp³-hybridized carbons (Fsp3) is 0.321. The molecule has 0 aromatic heterocycles. The molecule has 4 rings (SSSR count). The Morgan fingerprint density at radius 1 is 0.941 bits per heavy atom. The van der Waals surface area contributed by atoms with Gasteiger partial charge in [-0.25, -0.2) is 8.78 Å². The zero-order chi connectivity index (χ0) is 24.1. The van der Waals surface area contributed by atoms with Gasteiger partial charge in [0.05, 0.1) is 0 Å². The summed E-state index contributed by atoms with van der Waals surface area (Å²) in [5.74, 6) is -0.383. The number of rotatable bonds is 7. The minimum absolute atomic E-state index is 0.0280. The molecule has 0 N–H and O–H groups in total. The SMILES string of the molecule is CC(C)c1ccc(OCc2cccc(C(=O)N3CCN(Cc4cccc(F)c4F)CC3)c2)cc1. The Morgan fingerprint density at radius 2 is 1.65 bits per heavy atom. The number of nitrogens with zero attached hydrogens (tertiary/aromatic N) is 2. The molecule has 0 atom stereocenters. The van der Waals surface area contributed by atoms with E-state index in [0.717, 1.165) is 17.4 Å². The molecule has 0 aliphatic carbocycles. The van der Waals surface area contributed by atoms with Gasteiger partial charge in [0.25, 0.3) is 5.91 Å². The van der Waals surface area contributed by atoms with E-state index in [1.54, 1.807) is 6.07 Å². The van der Waals surface area contributed by atoms with Gasteiger partial charge in [-0.15, -0.1) is 0 Å². The van der Waals surface area contributed by atoms with Crippen molar-refractivity contribution in [2.45, 2.75) is 32.9 Å². The first-order valence-corrected chi connectivity index (χ1v) is 11.7. The molecule has 1 heterocycles. The van der Waals surface area contributed by atoms with Gasteiger partial charge in [0.1, 0.15) is 12.4 Å². The van der Waals surface area contributed by atoms with E-state index >= 15 is 0 Å². The lowest BCUT2D eigenvalue weighted by molar-refractivity contribution is 0.0626. The number of amides is 1. The van der Waals surface area contributed by atoms with Crippen molar-refractivity contribution in [1.82, 2.24) is 9.80 Å². The molecule has 1 saturated heterocycles. The molecule has 0 spiro atoms. The third kappa shape index (κ3) is 5.81. The van der Waals surface area contributed by atoms with Gasteiger partial charge < -0.3 is 9.64 Å². The van der Waals surface area contributed by atoms with E-state index in [9.17, 15) is 13.6 Å². The van der Waals surface area contributed by atoms with Crippen molar-refractivity contribution in [2.24, 2.45) is 0 Å². The van der Waals surface area contributed by atoms with Crippen LogP contribution in [-0.2, 0) is 13.2 Å². The van der Waals surface area contributed by atoms with E-state index in [2.05, 4.69) is 26.0 Å². The molecule has 0 radical (unpaired) electrons. The van der Waals surface area contributed by atoms with E-state index in [0.29, 0.717) is 56.4 Å². The van der Waals surface area contributed by atoms with Crippen molar-refractivity contribution in [3.8, 4) is 5.75 Å². The van der Waals surface area contributed by atoms with Crippen molar-refractivity contribution in [1.29, 1.82) is 0 Å². The summed E-state index contributed by atoms with van der Waals surface area (Å²) in [6.07, 6.45) is 0. The minimum Gasteiger partial charge on any atom is -0.489 e. The zero-order valence-electron chi connectivity index (χ0n) is 19.6. The summed E-state index contributed by atoms with van der Waals surface area (Å²) in [6.45, 7) is 7.32. The highest BCUT2D eigenvalue weighted by Crippen LogP contribution is 2.20. The molecule has 4 nitrogen and oxygen atoms in total. The smallest absolute Gasteiger partial charge is 0.253 e. The molecule has 0 saturated carbocycles. The summed E-state index contributed by atoms with van der Waals surface area (Å²) in [5.41, 5.74) is 3.16. The first kappa shape index (κ1) is 23.9. The van der Waals surface area contributed by atoms with Crippen molar-refractivity contribution in [3.63, 3.8) is 0 Å². The predicted octanol–water partition coefficient (Wildman–Crippen LogP) is 5.63. The average Bonchev–Trinajstić information content (AvgIpc) is 2.86. The lowest BCUT2D eigenvalue weighted by Gasteiger charge is -2.35. The van der Waals surface area contributed by atoms with E-state index in [4.69, 9.17) is 4.74 Å². The number of piperazine rings is 1. The van der Waals surface area contributed by atoms with Crippen LogP contribution in [0.3, 0.4) is 0 Å². The monoisotopic (exact) mass is 464 g/mol. The van der Waals surface area contributed by atoms with Gasteiger partial charge >= 0.3 is 0 Å². The van der Waals surface area contributed by atoms with Gasteiger partial charge in [0, 0.05) is 43.9 Å². The highest BCUT2D eigenvalue weighted by molar-refractivity contribution is 5.94. The van der Waals surface area contributed by atoms with Crippen LogP contribution in [-0.4, -0.2) is 41.9 Å². The van der Waals surface area contributed by atoms with Crippen LogP contribution in [0.25, 0.3) is 0 Å². The van der Waals surface area contributed by atoms with E-state index in [-0.39, 0.29) is 5.91 Å². The molecule has 1 aliphatic rings. The van der Waals surface area contributed by atoms with Gasteiger partial charge in [-0.05, 0) is 47.4 Å². The summed E-state index contributed by atoms with van der Waals surface area (Å²) in [7, 11) is 0. The second-order valence-electron chi connectivity index (χ2n) is 8.99. The van der Waals surface area contributed by atoms with Crippen LogP contribution >= 0.6 is 0 Å². The van der Waals surface area contributed by atoms with Crippen LogP contribution in [0.2, 0.25) is 0 Å². The van der Waals surface area contributed by atoms with Crippen LogP contribution in [0, 0.1) is 11.6 Å². The maximum atomic E-state index is 14.0. The van der Waals surface area contributed by atoms with E-state index in [1.807, 2.05) is 46.2 Å². The predicted molar refractivity (Wildman–Crippen MR) is 129 cm³/mol. The summed E-state index contributed by atoms with van der Waals surface area (Å²) in [6, 6.07) is 19.8. The molecule has 3 aromatic rings. The number of hydrogen-bond acceptors (Lipinski definition) is 3. The molecule has 1 amide bonds. The molecule has 3 aromatic carbocycles. The van der Waals surface area contributed by atoms with Crippen LogP contribution in [0.5, 0.6) is 5.75 Å². The van der Waals surface area contributed by atoms with Gasteiger partial charge in [-0.1, -0.05) is 50.2 Å². The third-order valence-corrected chi connectivity index (χ3v) is 6.21. The second-order valence-corrected chi connectivity index (χ2v) is 8.99. The maximum Gasteiger partial charge on any atom is 0.253 e. The molecule has 1 aliphatic heterocycles. The number of halogens is 2. The van der Waals surface area contributed by atoms with E-state index < -0.39 is 11.6 Å². The highest BCUT2D eigenvalue weighted by atomic mass is 19.2. The molecule has 0 bridgehead atoms. The van der Waals surface area contributed by atoms with Crippen molar-refractivity contribution in [2.75, 3.05) is 26.2 Å². The fourth-order valence-corrected chi connectivity index (χ4v) is 4.11. The number of hydrogen-bond donors (Lipinski definition) is 0. The topological polar surface area (TPSA) is 32.8 Å². The third-order valence-electron chi connectivity index (χ3n) is 6.21. The fourth-order valence-electron chi connectivity index (χ4n) is 4.11. The maximum absolute atomic E-state index is 14.0. The molecule has 178 valence electrons. The summed E-state index contributed by atoms with van der Waals surface area (Å²) < 4.78 is 33.3. The van der Waals surface area contributed by atoms with Gasteiger partial charge in [0.15, 0.2) is 11.6 Å². The number of ether oxygens (including phenoxy) is 1. The zero-order valence-corrected chi connectivity index (χ0v) is 19.6. The number of carbonyl (C=O) groups excluding carboxylic acids is 1. The van der Waals surface area contributed by atoms with Gasteiger partial charge in [-0.2, -0.15) is 0 Å². The molecular formula is C28H30F2N2O2. The van der Waals surface area contributed by atoms with Crippen molar-refractivity contribution in [3.05, 3.63) is 101 Å². The number of benzene rings is 3. The van der Waals surface area contributed by atoms with Crippen molar-refractivity contribution >= 4 is 5.91 Å². The average molecular weight is 465 g/mol. The highest BCUT2D eigenvalue weighted by Gasteiger charge is 2.23. The normalized spacial score (nSPS) is 14.4. The van der Waals surface area contributed by atoms with Crippen LogP contribution in [0.15, 0.2) is 66.7 Å². The van der Waals surface area contributed by atoms with Crippen LogP contribution in [0.1, 0.15) is 46.8 Å². The van der Waals surface area contributed by atoms with Crippen LogP contribution < -0.4 is 4.74 Å². The second kappa shape index (κ2) is 10.8. The first-order chi connectivity index (χ1) is 16.4. The lowest BCUT2D eigenvalue weighted by atomic mass is 10.0. The Morgan fingerprint density at radius 3 is 2.35 bits per heavy atom. The minimum atomic E-state index is -0.831. The largest absolute Gasteiger partial charge is 0.489 e. The first-order valence-electron chi connectivity index (χ1n) is 11.7.